The third-order valence-electron chi connectivity index (χ3n) is 1.46. The molecule has 0 spiro atoms. The van der Waals surface area contributed by atoms with Crippen molar-refractivity contribution in [3.63, 3.8) is 0 Å². The summed E-state index contributed by atoms with van der Waals surface area (Å²) in [6.45, 7) is 0.773. The van der Waals surface area contributed by atoms with Crippen LogP contribution in [-0.4, -0.2) is 33.9 Å². The lowest BCUT2D eigenvalue weighted by Gasteiger charge is -2.15. The number of hydrogen-bond acceptors (Lipinski definition) is 2. The summed E-state index contributed by atoms with van der Waals surface area (Å²) in [6, 6.07) is 0. The highest BCUT2D eigenvalue weighted by atomic mass is 32.1. The highest BCUT2D eigenvalue weighted by Gasteiger charge is 2.00. The summed E-state index contributed by atoms with van der Waals surface area (Å²) in [7, 11) is 1.84. The Hall–Kier alpha value is -0.290. The van der Waals surface area contributed by atoms with Gasteiger partial charge in [0.25, 0.3) is 0 Å². The van der Waals surface area contributed by atoms with Crippen LogP contribution >= 0.6 is 24.8 Å². The van der Waals surface area contributed by atoms with Gasteiger partial charge in [0.2, 0.25) is 0 Å². The zero-order valence-electron chi connectivity index (χ0n) is 6.99. The van der Waals surface area contributed by atoms with Crippen molar-refractivity contribution in [2.45, 2.75) is 19.3 Å². The van der Waals surface area contributed by atoms with E-state index in [1.54, 1.807) is 0 Å². The van der Waals surface area contributed by atoms with Crippen LogP contribution in [0.25, 0.3) is 0 Å². The topological polar surface area (TPSA) is 40.5 Å². The van der Waals surface area contributed by atoms with E-state index in [4.69, 9.17) is 17.3 Å². The fourth-order valence-electron chi connectivity index (χ4n) is 0.721. The van der Waals surface area contributed by atoms with Crippen LogP contribution in [-0.2, 0) is 4.79 Å². The molecule has 5 heteroatoms. The first kappa shape index (κ1) is 11.7. The Morgan fingerprint density at radius 3 is 2.58 bits per heavy atom. The first-order valence-electron chi connectivity index (χ1n) is 3.70. The summed E-state index contributed by atoms with van der Waals surface area (Å²) in [5.41, 5.74) is 0. The smallest absolute Gasteiger partial charge is 0.303 e. The molecule has 0 aliphatic carbocycles. The summed E-state index contributed by atoms with van der Waals surface area (Å²) >= 11 is 8.77. The number of hydrogen-bond donors (Lipinski definition) is 2. The predicted molar refractivity (Wildman–Crippen MR) is 55.7 cm³/mol. The number of rotatable bonds is 5. The molecule has 0 aromatic carbocycles. The molecule has 3 nitrogen and oxygen atoms in total. The lowest BCUT2D eigenvalue weighted by molar-refractivity contribution is -0.137. The van der Waals surface area contributed by atoms with Crippen LogP contribution < -0.4 is 0 Å². The second-order valence-corrected chi connectivity index (χ2v) is 3.67. The van der Waals surface area contributed by atoms with E-state index in [9.17, 15) is 4.79 Å². The first-order valence-corrected chi connectivity index (χ1v) is 4.55. The Morgan fingerprint density at radius 1 is 1.58 bits per heavy atom. The number of thiol groups is 1. The van der Waals surface area contributed by atoms with E-state index < -0.39 is 5.97 Å². The second kappa shape index (κ2) is 6.25. The van der Waals surface area contributed by atoms with E-state index in [1.807, 2.05) is 11.9 Å². The lowest BCUT2D eigenvalue weighted by atomic mass is 10.2. The van der Waals surface area contributed by atoms with Crippen LogP contribution in [0.5, 0.6) is 0 Å². The second-order valence-electron chi connectivity index (χ2n) is 2.55. The molecule has 0 rings (SSSR count). The van der Waals surface area contributed by atoms with Gasteiger partial charge in [0.05, 0.1) is 0 Å². The maximum atomic E-state index is 10.1. The minimum absolute atomic E-state index is 0.229. The summed E-state index contributed by atoms with van der Waals surface area (Å²) in [6.07, 6.45) is 1.76. The summed E-state index contributed by atoms with van der Waals surface area (Å²) in [5, 5.41) is 8.33. The largest absolute Gasteiger partial charge is 0.481 e. The molecule has 0 aromatic heterocycles. The molecule has 1 N–H and O–H groups in total. The standard InChI is InChI=1S/C7H13NO2S2/c1-8(7(11)12)5-3-2-4-6(9)10/h2-5H2,1H3,(H,9,10)(H,11,12). The molecular formula is C7H13NO2S2. The van der Waals surface area contributed by atoms with Crippen LogP contribution in [0.3, 0.4) is 0 Å². The molecule has 0 aliphatic rings. The van der Waals surface area contributed by atoms with Gasteiger partial charge in [-0.25, -0.2) is 0 Å². The SMILES string of the molecule is CN(CCCCC(=O)O)C(=S)S. The van der Waals surface area contributed by atoms with Gasteiger partial charge in [0.1, 0.15) is 4.32 Å². The van der Waals surface area contributed by atoms with Crippen molar-refractivity contribution in [1.29, 1.82) is 0 Å². The third-order valence-corrected chi connectivity index (χ3v) is 2.11. The summed E-state index contributed by atoms with van der Waals surface area (Å²) < 4.78 is 0.547. The first-order chi connectivity index (χ1) is 5.54. The molecular weight excluding hydrogens is 194 g/mol. The summed E-state index contributed by atoms with van der Waals surface area (Å²) in [4.78, 5) is 11.9. The van der Waals surface area contributed by atoms with Crippen LogP contribution in [0.4, 0.5) is 0 Å². The number of unbranched alkanes of at least 4 members (excludes halogenated alkanes) is 1. The predicted octanol–water partition coefficient (Wildman–Crippen LogP) is 1.39. The van der Waals surface area contributed by atoms with Crippen LogP contribution in [0, 0.1) is 0 Å². The molecule has 70 valence electrons. The van der Waals surface area contributed by atoms with Crippen molar-refractivity contribution in [2.75, 3.05) is 13.6 Å². The molecule has 0 saturated carbocycles. The Kier molecular flexibility index (Phi) is 6.10. The van der Waals surface area contributed by atoms with E-state index in [2.05, 4.69) is 12.6 Å². The van der Waals surface area contributed by atoms with Crippen LogP contribution in [0.15, 0.2) is 0 Å². The Bertz CT molecular complexity index is 173. The lowest BCUT2D eigenvalue weighted by Crippen LogP contribution is -2.21. The van der Waals surface area contributed by atoms with Gasteiger partial charge in [-0.1, -0.05) is 12.2 Å². The molecule has 0 aromatic rings. The fraction of sp³-hybridized carbons (Fsp3) is 0.714. The molecule has 0 heterocycles. The van der Waals surface area contributed by atoms with Crippen molar-refractivity contribution in [2.24, 2.45) is 0 Å². The zero-order valence-corrected chi connectivity index (χ0v) is 8.70. The normalized spacial score (nSPS) is 9.50. The molecule has 0 atom stereocenters. The molecule has 0 bridgehead atoms. The minimum Gasteiger partial charge on any atom is -0.481 e. The van der Waals surface area contributed by atoms with Gasteiger partial charge in [-0.15, -0.1) is 12.6 Å². The van der Waals surface area contributed by atoms with Crippen molar-refractivity contribution < 1.29 is 9.90 Å². The van der Waals surface area contributed by atoms with Crippen LogP contribution in [0.2, 0.25) is 0 Å². The number of carbonyl (C=O) groups is 1. The van der Waals surface area contributed by atoms with Gasteiger partial charge in [0.15, 0.2) is 0 Å². The molecule has 12 heavy (non-hydrogen) atoms. The van der Waals surface area contributed by atoms with Gasteiger partial charge in [0, 0.05) is 20.0 Å². The van der Waals surface area contributed by atoms with Gasteiger partial charge in [-0.3, -0.25) is 4.79 Å². The molecule has 0 fully saturated rings. The average molecular weight is 207 g/mol. The van der Waals surface area contributed by atoms with Crippen molar-refractivity contribution in [3.8, 4) is 0 Å². The number of aliphatic carboxylic acids is 1. The third kappa shape index (κ3) is 6.42. The van der Waals surface area contributed by atoms with Crippen LogP contribution in [0.1, 0.15) is 19.3 Å². The summed E-state index contributed by atoms with van der Waals surface area (Å²) in [5.74, 6) is -0.744. The zero-order chi connectivity index (χ0) is 9.56. The molecule has 0 unspecified atom stereocenters. The van der Waals surface area contributed by atoms with Gasteiger partial charge >= 0.3 is 5.97 Å². The highest BCUT2D eigenvalue weighted by molar-refractivity contribution is 8.10. The fourth-order valence-corrected chi connectivity index (χ4v) is 0.912. The molecule has 0 radical (unpaired) electrons. The van der Waals surface area contributed by atoms with E-state index in [0.717, 1.165) is 13.0 Å². The number of carboxylic acid groups (broad SMARTS) is 1. The highest BCUT2D eigenvalue weighted by Crippen LogP contribution is 1.99. The van der Waals surface area contributed by atoms with Gasteiger partial charge in [-0.05, 0) is 12.8 Å². The van der Waals surface area contributed by atoms with Gasteiger partial charge < -0.3 is 10.0 Å². The average Bonchev–Trinajstić information content (AvgIpc) is 1.97. The molecule has 0 aliphatic heterocycles. The van der Waals surface area contributed by atoms with Gasteiger partial charge in [-0.2, -0.15) is 0 Å². The maximum Gasteiger partial charge on any atom is 0.303 e. The Morgan fingerprint density at radius 2 is 2.17 bits per heavy atom. The van der Waals surface area contributed by atoms with Crippen molar-refractivity contribution >= 4 is 35.1 Å². The number of thiocarbonyl (C=S) groups is 1. The Labute approximate surface area is 83.2 Å². The van der Waals surface area contributed by atoms with E-state index in [0.29, 0.717) is 10.7 Å². The molecule has 0 saturated heterocycles. The van der Waals surface area contributed by atoms with E-state index in [-0.39, 0.29) is 6.42 Å². The van der Waals surface area contributed by atoms with E-state index in [1.165, 1.54) is 0 Å². The van der Waals surface area contributed by atoms with Crippen molar-refractivity contribution in [3.05, 3.63) is 0 Å². The van der Waals surface area contributed by atoms with Crippen molar-refractivity contribution in [1.82, 2.24) is 4.90 Å². The monoisotopic (exact) mass is 207 g/mol. The number of nitrogens with zero attached hydrogens (tertiary/aromatic N) is 1. The minimum atomic E-state index is -0.744. The Balaban J connectivity index is 3.31. The van der Waals surface area contributed by atoms with E-state index >= 15 is 0 Å². The number of carboxylic acids is 1. The molecule has 0 amide bonds. The quantitative estimate of drug-likeness (QED) is 0.406. The maximum absolute atomic E-state index is 10.1.